The van der Waals surface area contributed by atoms with Crippen molar-refractivity contribution in [3.8, 4) is 0 Å². The van der Waals surface area contributed by atoms with E-state index in [2.05, 4.69) is 91.0 Å². The Bertz CT molecular complexity index is 1100. The lowest BCUT2D eigenvalue weighted by atomic mass is 10.4. The second-order valence-corrected chi connectivity index (χ2v) is 9.92. The summed E-state index contributed by atoms with van der Waals surface area (Å²) in [4.78, 5) is 4.08. The highest BCUT2D eigenvalue weighted by atomic mass is 32.3. The Labute approximate surface area is 198 Å². The highest BCUT2D eigenvalue weighted by Crippen LogP contribution is 2.30. The zero-order chi connectivity index (χ0) is 26.4. The number of rotatable bonds is 3. The highest BCUT2D eigenvalue weighted by molar-refractivity contribution is 7.97. The molecule has 0 fully saturated rings. The van der Waals surface area contributed by atoms with Crippen LogP contribution in [0.5, 0.6) is 0 Å². The van der Waals surface area contributed by atoms with Crippen LogP contribution in [-0.2, 0) is 42.4 Å². The third-order valence-corrected chi connectivity index (χ3v) is 5.17. The number of hydrogen-bond acceptors (Lipinski definition) is 7. The molecule has 9 nitrogen and oxygen atoms in total. The molecule has 0 heterocycles. The van der Waals surface area contributed by atoms with Crippen molar-refractivity contribution in [1.29, 1.82) is 0 Å². The van der Waals surface area contributed by atoms with Gasteiger partial charge in [0.15, 0.2) is 14.7 Å². The van der Waals surface area contributed by atoms with Crippen molar-refractivity contribution in [3.05, 3.63) is 91.0 Å². The van der Waals surface area contributed by atoms with E-state index >= 15 is 0 Å². The van der Waals surface area contributed by atoms with E-state index in [1.807, 2.05) is 0 Å². The molecule has 0 unspecified atom stereocenters. The molecule has 34 heavy (non-hydrogen) atoms. The van der Waals surface area contributed by atoms with Crippen LogP contribution < -0.4 is 0 Å². The SMILES string of the molecule is O=S(=O)(O)F.O=S(=O)(O)F.O=S(=O)([O-])F.c1ccc([S+](c2ccccc2)c2ccccc2)cc1. The van der Waals surface area contributed by atoms with Crippen LogP contribution in [0, 0.1) is 0 Å². The summed E-state index contributed by atoms with van der Waals surface area (Å²) in [5, 5.41) is 0. The fourth-order valence-corrected chi connectivity index (χ4v) is 4.18. The minimum absolute atomic E-state index is 0.0146. The molecule has 0 spiro atoms. The van der Waals surface area contributed by atoms with Gasteiger partial charge in [-0.15, -0.1) is 3.89 Å². The first-order chi connectivity index (χ1) is 15.4. The molecular formula is C18H17F3O9S4. The van der Waals surface area contributed by atoms with Crippen molar-refractivity contribution in [2.45, 2.75) is 14.7 Å². The molecule has 2 N–H and O–H groups in total. The summed E-state index contributed by atoms with van der Waals surface area (Å²) in [5.41, 5.74) is 0. The monoisotopic (exact) mass is 562 g/mol. The molecule has 0 saturated carbocycles. The fraction of sp³-hybridized carbons (Fsp3) is 0. The molecule has 3 rings (SSSR count). The number of halogens is 3. The zero-order valence-electron chi connectivity index (χ0n) is 16.7. The van der Waals surface area contributed by atoms with Crippen LogP contribution in [0.15, 0.2) is 106 Å². The Morgan fingerprint density at radius 1 is 0.529 bits per heavy atom. The quantitative estimate of drug-likeness (QED) is 0.275. The summed E-state index contributed by atoms with van der Waals surface area (Å²) in [6, 6.07) is 32.2. The first kappa shape index (κ1) is 31.5. The Morgan fingerprint density at radius 2 is 0.676 bits per heavy atom. The summed E-state index contributed by atoms with van der Waals surface area (Å²) in [5.74, 6) is 0. The van der Waals surface area contributed by atoms with Gasteiger partial charge in [-0.3, -0.25) is 9.11 Å². The van der Waals surface area contributed by atoms with Crippen LogP contribution in [-0.4, -0.2) is 38.9 Å². The molecule has 0 aliphatic heterocycles. The van der Waals surface area contributed by atoms with Gasteiger partial charge in [-0.2, -0.15) is 16.8 Å². The molecule has 0 aliphatic carbocycles. The van der Waals surface area contributed by atoms with Crippen molar-refractivity contribution in [1.82, 2.24) is 0 Å². The first-order valence-corrected chi connectivity index (χ1v) is 13.6. The maximum absolute atomic E-state index is 10.2. The smallest absolute Gasteiger partial charge is 0.435 e. The minimum Gasteiger partial charge on any atom is -0.722 e. The summed E-state index contributed by atoms with van der Waals surface area (Å²) in [7, 11) is -15.8. The maximum atomic E-state index is 10.2. The lowest BCUT2D eigenvalue weighted by Gasteiger charge is -2.07. The third-order valence-electron chi connectivity index (χ3n) is 2.94. The number of hydrogen-bond donors (Lipinski definition) is 2. The van der Waals surface area contributed by atoms with E-state index < -0.39 is 31.5 Å². The van der Waals surface area contributed by atoms with E-state index in [1.165, 1.54) is 14.7 Å². The first-order valence-electron chi connectivity index (χ1n) is 8.34. The van der Waals surface area contributed by atoms with E-state index in [-0.39, 0.29) is 10.9 Å². The van der Waals surface area contributed by atoms with Gasteiger partial charge in [0.2, 0.25) is 0 Å². The van der Waals surface area contributed by atoms with Gasteiger partial charge >= 0.3 is 21.0 Å². The summed E-state index contributed by atoms with van der Waals surface area (Å²) < 4.78 is 104. The molecule has 16 heteroatoms. The molecule has 188 valence electrons. The van der Waals surface area contributed by atoms with Gasteiger partial charge in [0.25, 0.3) is 10.5 Å². The van der Waals surface area contributed by atoms with Crippen LogP contribution in [0.25, 0.3) is 0 Å². The second-order valence-electron chi connectivity index (χ2n) is 5.46. The van der Waals surface area contributed by atoms with Crippen molar-refractivity contribution in [2.24, 2.45) is 0 Å². The van der Waals surface area contributed by atoms with Gasteiger partial charge in [-0.25, -0.2) is 8.42 Å². The van der Waals surface area contributed by atoms with Gasteiger partial charge < -0.3 is 4.55 Å². The molecule has 0 bridgehead atoms. The van der Waals surface area contributed by atoms with Crippen molar-refractivity contribution in [2.75, 3.05) is 0 Å². The van der Waals surface area contributed by atoms with Crippen LogP contribution >= 0.6 is 0 Å². The Hall–Kier alpha value is -2.47. The normalized spacial score (nSPS) is 11.0. The molecule has 0 atom stereocenters. The highest BCUT2D eigenvalue weighted by Gasteiger charge is 2.27. The van der Waals surface area contributed by atoms with E-state index in [0.29, 0.717) is 0 Å². The molecule has 0 saturated heterocycles. The largest absolute Gasteiger partial charge is 0.722 e. The summed E-state index contributed by atoms with van der Waals surface area (Å²) >= 11 is 0. The fourth-order valence-electron chi connectivity index (χ4n) is 2.08. The van der Waals surface area contributed by atoms with Crippen LogP contribution in [0.2, 0.25) is 0 Å². The van der Waals surface area contributed by atoms with E-state index in [9.17, 15) is 11.7 Å². The van der Waals surface area contributed by atoms with Crippen molar-refractivity contribution < 1.29 is 50.6 Å². The average molecular weight is 563 g/mol. The third kappa shape index (κ3) is 21.4. The van der Waals surface area contributed by atoms with Crippen LogP contribution in [0.4, 0.5) is 11.7 Å². The van der Waals surface area contributed by atoms with Crippen LogP contribution in [0.3, 0.4) is 0 Å². The Balaban J connectivity index is 0.000000599. The maximum Gasteiger partial charge on any atom is 0.435 e. The lowest BCUT2D eigenvalue weighted by molar-refractivity contribution is 0.416. The number of benzene rings is 3. The topological polar surface area (TPSA) is 166 Å². The van der Waals surface area contributed by atoms with Crippen LogP contribution in [0.1, 0.15) is 0 Å². The van der Waals surface area contributed by atoms with E-state index in [1.54, 1.807) is 0 Å². The standard InChI is InChI=1S/C18H15S.3FHO3S/c1-4-10-16(11-5-1)19(17-12-6-2-7-13-17)18-14-8-3-9-15-18;3*1-5(2,3)4/h1-15H;3*(H,2,3,4)/q+1;;;/p-1. The molecular weight excluding hydrogens is 545 g/mol. The van der Waals surface area contributed by atoms with Gasteiger partial charge in [0.1, 0.15) is 0 Å². The predicted octanol–water partition coefficient (Wildman–Crippen LogP) is 3.72. The molecule has 3 aromatic rings. The predicted molar refractivity (Wildman–Crippen MR) is 118 cm³/mol. The average Bonchev–Trinajstić information content (AvgIpc) is 2.67. The molecule has 0 aromatic heterocycles. The van der Waals surface area contributed by atoms with Crippen molar-refractivity contribution in [3.63, 3.8) is 0 Å². The van der Waals surface area contributed by atoms with Gasteiger partial charge in [0.05, 0.1) is 10.9 Å². The summed E-state index contributed by atoms with van der Waals surface area (Å²) in [6.45, 7) is 0. The summed E-state index contributed by atoms with van der Waals surface area (Å²) in [6.07, 6.45) is 0. The van der Waals surface area contributed by atoms with Gasteiger partial charge in [-0.1, -0.05) is 62.4 Å². The minimum atomic E-state index is -5.42. The Kier molecular flexibility index (Phi) is 13.6. The molecule has 0 amide bonds. The Morgan fingerprint density at radius 3 is 0.824 bits per heavy atom. The second kappa shape index (κ2) is 14.7. The zero-order valence-corrected chi connectivity index (χ0v) is 19.9. The van der Waals surface area contributed by atoms with Gasteiger partial charge in [0, 0.05) is 0 Å². The van der Waals surface area contributed by atoms with Crippen molar-refractivity contribution >= 4 is 42.4 Å². The van der Waals surface area contributed by atoms with Gasteiger partial charge in [-0.05, 0) is 36.4 Å². The van der Waals surface area contributed by atoms with E-state index in [4.69, 9.17) is 38.9 Å². The molecule has 0 radical (unpaired) electrons. The lowest BCUT2D eigenvalue weighted by Crippen LogP contribution is -2.04. The molecule has 0 aliphatic rings. The molecule has 3 aromatic carbocycles. The van der Waals surface area contributed by atoms with E-state index in [0.717, 1.165) is 0 Å².